The number of aryl methyl sites for hydroxylation is 2. The molecule has 16 heteroatoms. The quantitative estimate of drug-likeness (QED) is 0.145. The first-order valence-electron chi connectivity index (χ1n) is 24.2. The maximum Gasteiger partial charge on any atom is 0.416 e. The second kappa shape index (κ2) is 22.0. The van der Waals surface area contributed by atoms with Crippen molar-refractivity contribution < 1.29 is 26.3 Å². The predicted molar refractivity (Wildman–Crippen MR) is 290 cm³/mol. The molecule has 0 aliphatic carbocycles. The maximum atomic E-state index is 13.3. The van der Waals surface area contributed by atoms with E-state index in [4.69, 9.17) is 21.6 Å². The minimum atomic E-state index is -4.93. The number of aromatic nitrogens is 9. The van der Waals surface area contributed by atoms with Gasteiger partial charge in [-0.05, 0) is 128 Å². The summed E-state index contributed by atoms with van der Waals surface area (Å²) in [4.78, 5) is 38.3. The highest BCUT2D eigenvalue weighted by Crippen LogP contribution is 2.38. The SMILES string of the molecule is Cc1cccc(-c2[nH]c(Cc3cc(C(F)(F)F)cc(C(F)(F)F)c3)nc2-c2ccc3ncccc3c2)n1.Cc1cccc(-c2[nH]c(Cc3ccc(Cl)cc3)nc2-c2ccc3ncccc3c2)n1.c1ccc2ncccc2c1. The van der Waals surface area contributed by atoms with Gasteiger partial charge < -0.3 is 9.97 Å². The molecule has 382 valence electrons. The van der Waals surface area contributed by atoms with Crippen molar-refractivity contribution in [2.45, 2.75) is 39.0 Å². The molecule has 9 nitrogen and oxygen atoms in total. The zero-order valence-corrected chi connectivity index (χ0v) is 41.9. The summed E-state index contributed by atoms with van der Waals surface area (Å²) in [6.07, 6.45) is -4.17. The highest BCUT2D eigenvalue weighted by atomic mass is 35.5. The molecule has 0 saturated carbocycles. The molecule has 5 aromatic carbocycles. The summed E-state index contributed by atoms with van der Waals surface area (Å²) in [5.74, 6) is 1.09. The van der Waals surface area contributed by atoms with E-state index in [1.54, 1.807) is 30.5 Å². The second-order valence-corrected chi connectivity index (χ2v) is 18.5. The highest BCUT2D eigenvalue weighted by molar-refractivity contribution is 6.30. The Morgan fingerprint density at radius 2 is 0.857 bits per heavy atom. The molecule has 0 spiro atoms. The molecule has 12 aromatic rings. The molecule has 12 rings (SSSR count). The lowest BCUT2D eigenvalue weighted by Gasteiger charge is -2.13. The lowest BCUT2D eigenvalue weighted by Crippen LogP contribution is -2.12. The summed E-state index contributed by atoms with van der Waals surface area (Å²) in [7, 11) is 0. The topological polar surface area (TPSA) is 122 Å². The third-order valence-corrected chi connectivity index (χ3v) is 12.6. The van der Waals surface area contributed by atoms with Crippen LogP contribution in [0.2, 0.25) is 5.02 Å². The van der Waals surface area contributed by atoms with Gasteiger partial charge in [0.15, 0.2) is 0 Å². The number of hydrogen-bond donors (Lipinski definition) is 2. The van der Waals surface area contributed by atoms with Crippen LogP contribution in [0.4, 0.5) is 26.3 Å². The fourth-order valence-electron chi connectivity index (χ4n) is 8.74. The second-order valence-electron chi connectivity index (χ2n) is 18.1. The van der Waals surface area contributed by atoms with Gasteiger partial charge in [0.05, 0.1) is 61.8 Å². The van der Waals surface area contributed by atoms with Crippen LogP contribution < -0.4 is 0 Å². The number of fused-ring (bicyclic) bond motifs is 3. The van der Waals surface area contributed by atoms with Gasteiger partial charge in [0.1, 0.15) is 11.6 Å². The number of benzene rings is 5. The van der Waals surface area contributed by atoms with Crippen molar-refractivity contribution in [3.05, 3.63) is 245 Å². The van der Waals surface area contributed by atoms with Gasteiger partial charge >= 0.3 is 12.4 Å². The molecule has 0 atom stereocenters. The molecule has 0 amide bonds. The zero-order valence-electron chi connectivity index (χ0n) is 41.2. The minimum Gasteiger partial charge on any atom is -0.340 e. The van der Waals surface area contributed by atoms with Crippen molar-refractivity contribution >= 4 is 44.3 Å². The van der Waals surface area contributed by atoms with E-state index in [-0.39, 0.29) is 23.9 Å². The first-order valence-corrected chi connectivity index (χ1v) is 24.6. The predicted octanol–water partition coefficient (Wildman–Crippen LogP) is 16.1. The first kappa shape index (κ1) is 51.4. The first-order chi connectivity index (χ1) is 37.1. The zero-order chi connectivity index (χ0) is 53.7. The van der Waals surface area contributed by atoms with E-state index in [9.17, 15) is 26.3 Å². The molecule has 0 aliphatic rings. The minimum absolute atomic E-state index is 0.113. The van der Waals surface area contributed by atoms with E-state index in [0.29, 0.717) is 41.2 Å². The van der Waals surface area contributed by atoms with Crippen LogP contribution in [-0.4, -0.2) is 44.9 Å². The summed E-state index contributed by atoms with van der Waals surface area (Å²) in [5.41, 5.74) is 8.67. The van der Waals surface area contributed by atoms with Gasteiger partial charge in [-0.1, -0.05) is 84.4 Å². The molecule has 7 aromatic heterocycles. The van der Waals surface area contributed by atoms with Crippen LogP contribution in [0.5, 0.6) is 0 Å². The third-order valence-electron chi connectivity index (χ3n) is 12.4. The van der Waals surface area contributed by atoms with Crippen LogP contribution in [0.25, 0.3) is 78.0 Å². The van der Waals surface area contributed by atoms with Crippen molar-refractivity contribution in [3.8, 4) is 45.3 Å². The van der Waals surface area contributed by atoms with E-state index in [2.05, 4.69) is 65.2 Å². The molecule has 0 saturated heterocycles. The van der Waals surface area contributed by atoms with Crippen LogP contribution in [0, 0.1) is 13.8 Å². The van der Waals surface area contributed by atoms with Crippen LogP contribution in [0.3, 0.4) is 0 Å². The van der Waals surface area contributed by atoms with Crippen LogP contribution in [-0.2, 0) is 25.2 Å². The fourth-order valence-corrected chi connectivity index (χ4v) is 8.86. The van der Waals surface area contributed by atoms with Crippen molar-refractivity contribution in [2.75, 3.05) is 0 Å². The molecular weight excluding hydrogens is 1010 g/mol. The molecule has 0 unspecified atom stereocenters. The molecule has 0 bridgehead atoms. The number of aromatic amines is 2. The van der Waals surface area contributed by atoms with Gasteiger partial charge in [-0.2, -0.15) is 26.3 Å². The molecule has 2 N–H and O–H groups in total. The summed E-state index contributed by atoms with van der Waals surface area (Å²) >= 11 is 6.03. The number of nitrogens with one attached hydrogen (secondary N) is 2. The van der Waals surface area contributed by atoms with Gasteiger partial charge in [0.2, 0.25) is 0 Å². The van der Waals surface area contributed by atoms with E-state index in [1.165, 1.54) is 5.39 Å². The van der Waals surface area contributed by atoms with Crippen LogP contribution in [0.1, 0.15) is 45.3 Å². The highest BCUT2D eigenvalue weighted by Gasteiger charge is 2.37. The number of H-pyrrole nitrogens is 2. The molecular formula is C61H44ClF6N9. The standard InChI is InChI=1S/C27H18F6N4.C25H19ClN4.C9H7N/c1-15-4-2-6-22(35-15)25-24(18-7-8-21-17(13-18)5-3-9-34-21)36-23(37-25)12-16-10-19(26(28,29)30)14-20(11-16)27(31,32)33;1-16-4-2-6-22(28-16)25-24(19-9-12-21-18(15-19)5-3-13-27-21)29-23(30-25)14-17-7-10-20(26)11-8-17;1-2-6-9-8(4-1)5-3-7-10-9/h2-11,13-14H,12H2,1H3,(H,36,37);2-13,15H,14H2,1H3,(H,29,30);1-7H. The van der Waals surface area contributed by atoms with Gasteiger partial charge in [0, 0.05) is 75.1 Å². The molecule has 0 aliphatic heterocycles. The number of pyridine rings is 5. The Bertz CT molecular complexity index is 3940. The summed E-state index contributed by atoms with van der Waals surface area (Å²) in [6, 6.07) is 52.3. The fraction of sp³-hybridized carbons (Fsp3) is 0.0984. The van der Waals surface area contributed by atoms with Crippen molar-refractivity contribution in [3.63, 3.8) is 0 Å². The average molecular weight is 1050 g/mol. The molecule has 7 heterocycles. The molecule has 0 radical (unpaired) electrons. The molecule has 77 heavy (non-hydrogen) atoms. The number of halogens is 7. The van der Waals surface area contributed by atoms with Crippen molar-refractivity contribution in [2.24, 2.45) is 0 Å². The number of hydrogen-bond acceptors (Lipinski definition) is 7. The third kappa shape index (κ3) is 12.4. The maximum absolute atomic E-state index is 13.3. The number of rotatable bonds is 8. The molecule has 0 fully saturated rings. The Labute approximate surface area is 442 Å². The van der Waals surface area contributed by atoms with E-state index in [0.717, 1.165) is 77.8 Å². The normalized spacial score (nSPS) is 11.5. The summed E-state index contributed by atoms with van der Waals surface area (Å²) < 4.78 is 80.1. The lowest BCUT2D eigenvalue weighted by atomic mass is 10.0. The Balaban J connectivity index is 0.000000150. The van der Waals surface area contributed by atoms with Crippen LogP contribution in [0.15, 0.2) is 195 Å². The number of nitrogens with zero attached hydrogens (tertiary/aromatic N) is 7. The van der Waals surface area contributed by atoms with Crippen molar-refractivity contribution in [1.82, 2.24) is 44.9 Å². The van der Waals surface area contributed by atoms with E-state index in [1.807, 2.05) is 129 Å². The van der Waals surface area contributed by atoms with Gasteiger partial charge in [-0.3, -0.25) is 24.9 Å². The van der Waals surface area contributed by atoms with Gasteiger partial charge in [0.25, 0.3) is 0 Å². The van der Waals surface area contributed by atoms with E-state index < -0.39 is 23.5 Å². The van der Waals surface area contributed by atoms with Crippen LogP contribution >= 0.6 is 11.6 Å². The summed E-state index contributed by atoms with van der Waals surface area (Å²) in [5, 5.41) is 3.86. The van der Waals surface area contributed by atoms with Crippen molar-refractivity contribution in [1.29, 1.82) is 0 Å². The Kier molecular flexibility index (Phi) is 14.7. The van der Waals surface area contributed by atoms with Gasteiger partial charge in [-0.25, -0.2) is 9.97 Å². The Hall–Kier alpha value is -9.08. The smallest absolute Gasteiger partial charge is 0.340 e. The van der Waals surface area contributed by atoms with E-state index >= 15 is 0 Å². The largest absolute Gasteiger partial charge is 0.416 e. The number of alkyl halides is 6. The Morgan fingerprint density at radius 3 is 1.32 bits per heavy atom. The Morgan fingerprint density at radius 1 is 0.416 bits per heavy atom. The van der Waals surface area contributed by atoms with Gasteiger partial charge in [-0.15, -0.1) is 0 Å². The average Bonchev–Trinajstić information content (AvgIpc) is 4.06. The lowest BCUT2D eigenvalue weighted by molar-refractivity contribution is -0.143. The number of para-hydroxylation sites is 1. The monoisotopic (exact) mass is 1050 g/mol. The number of imidazole rings is 2. The summed E-state index contributed by atoms with van der Waals surface area (Å²) in [6.45, 7) is 3.80.